The maximum Gasteiger partial charge on any atom is 0.223 e. The second kappa shape index (κ2) is 13.7. The molecule has 0 atom stereocenters. The molecule has 4 heteroatoms. The smallest absolute Gasteiger partial charge is 0.223 e. The summed E-state index contributed by atoms with van der Waals surface area (Å²) in [5.74, 6) is 0.813. The zero-order valence-corrected chi connectivity index (χ0v) is 22.6. The first kappa shape index (κ1) is 25.9. The second-order valence-electron chi connectivity index (χ2n) is 11.1. The van der Waals surface area contributed by atoms with Crippen LogP contribution in [0.1, 0.15) is 114 Å². The maximum atomic E-state index is 5.25. The Labute approximate surface area is 223 Å². The van der Waals surface area contributed by atoms with Gasteiger partial charge in [-0.3, -0.25) is 4.99 Å². The van der Waals surface area contributed by atoms with Crippen molar-refractivity contribution < 1.29 is 0 Å². The van der Waals surface area contributed by atoms with Gasteiger partial charge in [-0.1, -0.05) is 107 Å². The lowest BCUT2D eigenvalue weighted by Gasteiger charge is -2.21. The van der Waals surface area contributed by atoms with E-state index in [0.717, 1.165) is 30.2 Å². The molecule has 5 rings (SSSR count). The molecular weight excluding hydrogens is 452 g/mol. The number of aliphatic imine (C=N–C) groups is 1. The summed E-state index contributed by atoms with van der Waals surface area (Å²) in [6.45, 7) is 0.645. The standard InChI is InChI=1S/C33H44N4/c1-2-9-15-21-28(20-14-8-1)36-33-35-25-27-24-34-31(26-18-12-6-5-7-13-19-26)29-22-16-10-3-4-11-17-23-30(29)32(27)37-33/h5-7,12-13,18-19,25,28H,1-4,8-11,14-17,20-24H2,(H,35,36,37)/b6-5?,7-5?,12-6?,13-7?,18-12-,19-13?,26-18?,26-19+. The van der Waals surface area contributed by atoms with Gasteiger partial charge >= 0.3 is 0 Å². The number of hydrogen-bond acceptors (Lipinski definition) is 4. The van der Waals surface area contributed by atoms with Crippen molar-refractivity contribution in [1.29, 1.82) is 0 Å². The van der Waals surface area contributed by atoms with Gasteiger partial charge in [-0.15, -0.1) is 0 Å². The van der Waals surface area contributed by atoms with Crippen LogP contribution in [-0.2, 0) is 6.54 Å². The van der Waals surface area contributed by atoms with Crippen molar-refractivity contribution in [3.8, 4) is 0 Å². The van der Waals surface area contributed by atoms with Gasteiger partial charge in [0.25, 0.3) is 0 Å². The SMILES string of the molecule is C1=C/C=C\C(C2=NCc3cnc(NC4CCCCCCCC4)nc3C3=C2CCCCCCCC3)=C/C=C1. The van der Waals surface area contributed by atoms with Crippen LogP contribution in [0.25, 0.3) is 5.57 Å². The van der Waals surface area contributed by atoms with Crippen molar-refractivity contribution >= 4 is 17.2 Å². The molecule has 0 spiro atoms. The summed E-state index contributed by atoms with van der Waals surface area (Å²) < 4.78 is 0. The molecule has 1 aromatic heterocycles. The molecule has 4 aliphatic rings. The Bertz CT molecular complexity index is 1090. The zero-order chi connectivity index (χ0) is 25.1. The van der Waals surface area contributed by atoms with Crippen LogP contribution >= 0.6 is 0 Å². The number of hydrogen-bond donors (Lipinski definition) is 1. The number of allylic oxidation sites excluding steroid dienone is 10. The quantitative estimate of drug-likeness (QED) is 0.455. The Kier molecular flexibility index (Phi) is 9.58. The first-order valence-corrected chi connectivity index (χ1v) is 15.0. The number of aromatic nitrogens is 2. The lowest BCUT2D eigenvalue weighted by Crippen LogP contribution is -2.21. The number of nitrogens with zero attached hydrogens (tertiary/aromatic N) is 3. The third kappa shape index (κ3) is 7.18. The van der Waals surface area contributed by atoms with Crippen LogP contribution in [0.4, 0.5) is 5.95 Å². The largest absolute Gasteiger partial charge is 0.351 e. The minimum absolute atomic E-state index is 0.483. The van der Waals surface area contributed by atoms with Crippen LogP contribution in [0, 0.1) is 0 Å². The molecule has 1 fully saturated rings. The van der Waals surface area contributed by atoms with Gasteiger partial charge in [0.05, 0.1) is 18.0 Å². The molecule has 0 aromatic carbocycles. The minimum Gasteiger partial charge on any atom is -0.351 e. The number of anilines is 1. The minimum atomic E-state index is 0.483. The van der Waals surface area contributed by atoms with Gasteiger partial charge < -0.3 is 5.32 Å². The molecule has 37 heavy (non-hydrogen) atoms. The van der Waals surface area contributed by atoms with Crippen molar-refractivity contribution in [2.75, 3.05) is 5.32 Å². The lowest BCUT2D eigenvalue weighted by molar-refractivity contribution is 0.559. The molecule has 1 N–H and O–H groups in total. The predicted molar refractivity (Wildman–Crippen MR) is 157 cm³/mol. The van der Waals surface area contributed by atoms with Crippen molar-refractivity contribution in [2.24, 2.45) is 4.99 Å². The molecule has 1 aromatic rings. The summed E-state index contributed by atoms with van der Waals surface area (Å²) in [6, 6.07) is 0.483. The third-order valence-corrected chi connectivity index (χ3v) is 8.27. The van der Waals surface area contributed by atoms with E-state index in [9.17, 15) is 0 Å². The number of fused-ring (bicyclic) bond motifs is 2. The normalized spacial score (nSPS) is 24.4. The number of nitrogens with one attached hydrogen (secondary N) is 1. The van der Waals surface area contributed by atoms with Crippen molar-refractivity contribution in [3.63, 3.8) is 0 Å². The van der Waals surface area contributed by atoms with Gasteiger partial charge in [0.15, 0.2) is 0 Å². The van der Waals surface area contributed by atoms with E-state index in [1.165, 1.54) is 112 Å². The Balaban J connectivity index is 1.50. The third-order valence-electron chi connectivity index (χ3n) is 8.27. The maximum absolute atomic E-state index is 5.25. The van der Waals surface area contributed by atoms with Crippen LogP contribution < -0.4 is 5.32 Å². The van der Waals surface area contributed by atoms with E-state index in [1.807, 2.05) is 0 Å². The monoisotopic (exact) mass is 496 g/mol. The van der Waals surface area contributed by atoms with Gasteiger partial charge in [-0.2, -0.15) is 0 Å². The van der Waals surface area contributed by atoms with E-state index in [0.29, 0.717) is 12.6 Å². The molecule has 1 saturated carbocycles. The first-order chi connectivity index (χ1) is 18.4. The van der Waals surface area contributed by atoms with E-state index >= 15 is 0 Å². The molecule has 0 saturated heterocycles. The lowest BCUT2D eigenvalue weighted by atomic mass is 9.87. The van der Waals surface area contributed by atoms with E-state index in [1.54, 1.807) is 0 Å². The summed E-state index contributed by atoms with van der Waals surface area (Å²) in [6.07, 6.45) is 37.5. The Morgan fingerprint density at radius 2 is 1.32 bits per heavy atom. The molecule has 0 radical (unpaired) electrons. The van der Waals surface area contributed by atoms with Crippen LogP contribution in [0.3, 0.4) is 0 Å². The molecule has 2 heterocycles. The summed E-state index contributed by atoms with van der Waals surface area (Å²) >= 11 is 0. The van der Waals surface area contributed by atoms with Gasteiger partial charge in [0.2, 0.25) is 5.95 Å². The molecule has 0 bridgehead atoms. The van der Waals surface area contributed by atoms with Crippen molar-refractivity contribution in [3.05, 3.63) is 71.1 Å². The fourth-order valence-corrected chi connectivity index (χ4v) is 6.20. The van der Waals surface area contributed by atoms with Crippen LogP contribution in [0.2, 0.25) is 0 Å². The highest BCUT2D eigenvalue weighted by Crippen LogP contribution is 2.36. The number of rotatable bonds is 3. The van der Waals surface area contributed by atoms with Gasteiger partial charge in [0.1, 0.15) is 0 Å². The topological polar surface area (TPSA) is 50.2 Å². The Morgan fingerprint density at radius 3 is 2.11 bits per heavy atom. The van der Waals surface area contributed by atoms with E-state index in [2.05, 4.69) is 54.0 Å². The first-order valence-electron chi connectivity index (χ1n) is 15.0. The average Bonchev–Trinajstić information content (AvgIpc) is 2.95. The van der Waals surface area contributed by atoms with Gasteiger partial charge in [-0.05, 0) is 55.2 Å². The molecule has 0 amide bonds. The second-order valence-corrected chi connectivity index (χ2v) is 11.1. The fraction of sp³-hybridized carbons (Fsp3) is 0.545. The highest BCUT2D eigenvalue weighted by molar-refractivity contribution is 6.18. The van der Waals surface area contributed by atoms with Gasteiger partial charge in [-0.25, -0.2) is 9.97 Å². The molecule has 196 valence electrons. The average molecular weight is 497 g/mol. The molecule has 3 aliphatic carbocycles. The van der Waals surface area contributed by atoms with Crippen molar-refractivity contribution in [2.45, 2.75) is 115 Å². The summed E-state index contributed by atoms with van der Waals surface area (Å²) in [7, 11) is 0. The Morgan fingerprint density at radius 1 is 0.676 bits per heavy atom. The van der Waals surface area contributed by atoms with E-state index in [4.69, 9.17) is 15.0 Å². The van der Waals surface area contributed by atoms with E-state index in [-0.39, 0.29) is 0 Å². The molecule has 0 unspecified atom stereocenters. The van der Waals surface area contributed by atoms with Gasteiger partial charge in [0, 0.05) is 17.8 Å². The molecular formula is C33H44N4. The fourth-order valence-electron chi connectivity index (χ4n) is 6.20. The summed E-state index contributed by atoms with van der Waals surface area (Å²) in [4.78, 5) is 15.3. The van der Waals surface area contributed by atoms with Crippen LogP contribution in [0.5, 0.6) is 0 Å². The highest BCUT2D eigenvalue weighted by Gasteiger charge is 2.24. The summed E-state index contributed by atoms with van der Waals surface area (Å²) in [5, 5.41) is 3.76. The molecule has 1 aliphatic heterocycles. The van der Waals surface area contributed by atoms with Crippen molar-refractivity contribution in [1.82, 2.24) is 9.97 Å². The van der Waals surface area contributed by atoms with Crippen LogP contribution in [0.15, 0.2) is 64.9 Å². The zero-order valence-electron chi connectivity index (χ0n) is 22.6. The molecule has 4 nitrogen and oxygen atoms in total. The highest BCUT2D eigenvalue weighted by atomic mass is 15.1. The summed E-state index contributed by atoms with van der Waals surface area (Å²) in [5.41, 5.74) is 7.53. The van der Waals surface area contributed by atoms with E-state index < -0.39 is 0 Å². The predicted octanol–water partition coefficient (Wildman–Crippen LogP) is 8.84. The Hall–Kier alpha value is -2.75. The van der Waals surface area contributed by atoms with Crippen LogP contribution in [-0.4, -0.2) is 21.7 Å².